The Bertz CT molecular complexity index is 976. The average molecular weight is 381 g/mol. The Kier molecular flexibility index (Phi) is 4.23. The van der Waals surface area contributed by atoms with Crippen molar-refractivity contribution >= 4 is 23.1 Å². The summed E-state index contributed by atoms with van der Waals surface area (Å²) in [6, 6.07) is 6.65. The number of aromatic amines is 1. The first-order valence-electron chi connectivity index (χ1n) is 10.2. The van der Waals surface area contributed by atoms with Gasteiger partial charge in [0.2, 0.25) is 5.95 Å². The predicted molar refractivity (Wildman–Crippen MR) is 110 cm³/mol. The summed E-state index contributed by atoms with van der Waals surface area (Å²) >= 11 is 0. The van der Waals surface area contributed by atoms with Gasteiger partial charge in [0, 0.05) is 37.1 Å². The van der Waals surface area contributed by atoms with Crippen molar-refractivity contribution in [2.45, 2.75) is 45.1 Å². The molecule has 2 fully saturated rings. The maximum Gasteiger partial charge on any atom is 0.245 e. The highest BCUT2D eigenvalue weighted by Gasteiger charge is 2.42. The number of fused-ring (bicyclic) bond motifs is 1. The SMILES string of the molecule is CNC1CCC2(CCCN(c3nc(Nc4cc(C)[nH]n4)c4cccn4n3)C2)C1. The average Bonchev–Trinajstić information content (AvgIpc) is 3.42. The fourth-order valence-corrected chi connectivity index (χ4v) is 4.96. The highest BCUT2D eigenvalue weighted by Crippen LogP contribution is 2.45. The number of hydrogen-bond donors (Lipinski definition) is 3. The van der Waals surface area contributed by atoms with E-state index in [1.165, 1.54) is 32.1 Å². The molecular formula is C20H28N8. The summed E-state index contributed by atoms with van der Waals surface area (Å²) in [6.07, 6.45) is 8.30. The molecule has 0 bridgehead atoms. The summed E-state index contributed by atoms with van der Waals surface area (Å²) < 4.78 is 1.91. The fraction of sp³-hybridized carbons (Fsp3) is 0.550. The first-order chi connectivity index (χ1) is 13.6. The van der Waals surface area contributed by atoms with E-state index in [9.17, 15) is 0 Å². The molecule has 4 heterocycles. The second kappa shape index (κ2) is 6.77. The smallest absolute Gasteiger partial charge is 0.245 e. The van der Waals surface area contributed by atoms with Gasteiger partial charge in [0.1, 0.15) is 5.52 Å². The van der Waals surface area contributed by atoms with Crippen molar-refractivity contribution in [2.75, 3.05) is 30.4 Å². The molecule has 148 valence electrons. The largest absolute Gasteiger partial charge is 0.339 e. The lowest BCUT2D eigenvalue weighted by Gasteiger charge is -2.40. The van der Waals surface area contributed by atoms with Crippen molar-refractivity contribution in [3.8, 4) is 0 Å². The van der Waals surface area contributed by atoms with Gasteiger partial charge in [-0.15, -0.1) is 5.10 Å². The summed E-state index contributed by atoms with van der Waals surface area (Å²) in [6.45, 7) is 4.04. The molecule has 1 aliphatic carbocycles. The molecule has 2 atom stereocenters. The van der Waals surface area contributed by atoms with E-state index < -0.39 is 0 Å². The Hall–Kier alpha value is -2.61. The van der Waals surface area contributed by atoms with Gasteiger partial charge >= 0.3 is 0 Å². The Balaban J connectivity index is 1.45. The Morgan fingerprint density at radius 1 is 1.32 bits per heavy atom. The highest BCUT2D eigenvalue weighted by atomic mass is 15.4. The van der Waals surface area contributed by atoms with E-state index >= 15 is 0 Å². The van der Waals surface area contributed by atoms with Crippen LogP contribution in [0, 0.1) is 12.3 Å². The normalized spacial score (nSPS) is 25.1. The minimum atomic E-state index is 0.397. The molecule has 8 heteroatoms. The van der Waals surface area contributed by atoms with Crippen LogP contribution in [0.5, 0.6) is 0 Å². The molecule has 1 aliphatic heterocycles. The molecular weight excluding hydrogens is 352 g/mol. The summed E-state index contributed by atoms with van der Waals surface area (Å²) in [5, 5.41) is 18.9. The molecule has 3 N–H and O–H groups in total. The molecule has 0 aromatic carbocycles. The quantitative estimate of drug-likeness (QED) is 0.645. The number of nitrogens with one attached hydrogen (secondary N) is 3. The van der Waals surface area contributed by atoms with E-state index in [-0.39, 0.29) is 0 Å². The molecule has 2 aliphatic rings. The minimum Gasteiger partial charge on any atom is -0.339 e. The molecule has 5 rings (SSSR count). The van der Waals surface area contributed by atoms with Gasteiger partial charge in [-0.05, 0) is 63.6 Å². The van der Waals surface area contributed by atoms with E-state index in [2.05, 4.69) is 32.8 Å². The lowest BCUT2D eigenvalue weighted by Crippen LogP contribution is -2.43. The fourth-order valence-electron chi connectivity index (χ4n) is 4.96. The van der Waals surface area contributed by atoms with Gasteiger partial charge in [-0.2, -0.15) is 10.1 Å². The van der Waals surface area contributed by atoms with Gasteiger partial charge in [0.25, 0.3) is 0 Å². The van der Waals surface area contributed by atoms with Crippen LogP contribution in [0.3, 0.4) is 0 Å². The Labute approximate surface area is 164 Å². The lowest BCUT2D eigenvalue weighted by molar-refractivity contribution is 0.232. The van der Waals surface area contributed by atoms with Crippen LogP contribution in [-0.2, 0) is 0 Å². The molecule has 0 amide bonds. The topological polar surface area (TPSA) is 86.2 Å². The van der Waals surface area contributed by atoms with Crippen LogP contribution in [0.25, 0.3) is 5.52 Å². The zero-order valence-corrected chi connectivity index (χ0v) is 16.6. The molecule has 1 spiro atoms. The van der Waals surface area contributed by atoms with E-state index in [1.54, 1.807) is 0 Å². The van der Waals surface area contributed by atoms with Gasteiger partial charge in [-0.3, -0.25) is 5.10 Å². The maximum absolute atomic E-state index is 4.91. The highest BCUT2D eigenvalue weighted by molar-refractivity contribution is 5.73. The molecule has 3 aromatic heterocycles. The van der Waals surface area contributed by atoms with Gasteiger partial charge in [-0.25, -0.2) is 4.52 Å². The standard InChI is InChI=1S/C20H28N8/c1-14-11-17(25-24-14)22-18-16-5-3-10-28(16)26-19(23-18)27-9-4-7-20(13-27)8-6-15(12-20)21-2/h3,5,10-11,15,21H,4,6-9,12-13H2,1-2H3,(H2,22,23,24,25,26). The molecule has 8 nitrogen and oxygen atoms in total. The monoisotopic (exact) mass is 380 g/mol. The Morgan fingerprint density at radius 3 is 3.04 bits per heavy atom. The Morgan fingerprint density at radius 2 is 2.25 bits per heavy atom. The summed E-state index contributed by atoms with van der Waals surface area (Å²) in [5.74, 6) is 2.36. The van der Waals surface area contributed by atoms with Gasteiger partial charge in [0.05, 0.1) is 0 Å². The maximum atomic E-state index is 4.91. The molecule has 28 heavy (non-hydrogen) atoms. The number of aryl methyl sites for hydroxylation is 1. The van der Waals surface area contributed by atoms with Gasteiger partial charge in [0.15, 0.2) is 11.6 Å². The first-order valence-corrected chi connectivity index (χ1v) is 10.2. The van der Waals surface area contributed by atoms with E-state index in [0.29, 0.717) is 11.5 Å². The van der Waals surface area contributed by atoms with Crippen molar-refractivity contribution < 1.29 is 0 Å². The van der Waals surface area contributed by atoms with Crippen molar-refractivity contribution in [3.05, 3.63) is 30.1 Å². The number of nitrogens with zero attached hydrogens (tertiary/aromatic N) is 5. The van der Waals surface area contributed by atoms with Crippen LogP contribution in [0.4, 0.5) is 17.6 Å². The van der Waals surface area contributed by atoms with E-state index in [0.717, 1.165) is 41.9 Å². The zero-order chi connectivity index (χ0) is 19.1. The first kappa shape index (κ1) is 17.5. The molecule has 3 aromatic rings. The van der Waals surface area contributed by atoms with Gasteiger partial charge < -0.3 is 15.5 Å². The molecule has 1 saturated carbocycles. The number of H-pyrrole nitrogens is 1. The molecule has 2 unspecified atom stereocenters. The minimum absolute atomic E-state index is 0.397. The second-order valence-electron chi connectivity index (χ2n) is 8.41. The number of hydrogen-bond acceptors (Lipinski definition) is 6. The van der Waals surface area contributed by atoms with Crippen molar-refractivity contribution in [2.24, 2.45) is 5.41 Å². The number of piperidine rings is 1. The van der Waals surface area contributed by atoms with Crippen molar-refractivity contribution in [1.29, 1.82) is 0 Å². The van der Waals surface area contributed by atoms with E-state index in [1.807, 2.05) is 35.8 Å². The number of rotatable bonds is 4. The van der Waals surface area contributed by atoms with Crippen LogP contribution in [0.15, 0.2) is 24.4 Å². The third-order valence-electron chi connectivity index (χ3n) is 6.39. The third kappa shape index (κ3) is 3.11. The molecule has 1 saturated heterocycles. The molecule has 0 radical (unpaired) electrons. The summed E-state index contributed by atoms with van der Waals surface area (Å²) in [5.41, 5.74) is 2.36. The van der Waals surface area contributed by atoms with Crippen LogP contribution in [0.1, 0.15) is 37.8 Å². The van der Waals surface area contributed by atoms with Crippen LogP contribution < -0.4 is 15.5 Å². The van der Waals surface area contributed by atoms with Crippen molar-refractivity contribution in [1.82, 2.24) is 30.1 Å². The van der Waals surface area contributed by atoms with Gasteiger partial charge in [-0.1, -0.05) is 0 Å². The number of anilines is 3. The number of aromatic nitrogens is 5. The zero-order valence-electron chi connectivity index (χ0n) is 16.6. The predicted octanol–water partition coefficient (Wildman–Crippen LogP) is 2.86. The lowest BCUT2D eigenvalue weighted by atomic mass is 9.78. The third-order valence-corrected chi connectivity index (χ3v) is 6.39. The van der Waals surface area contributed by atoms with Crippen LogP contribution in [-0.4, -0.2) is 51.0 Å². The van der Waals surface area contributed by atoms with E-state index in [4.69, 9.17) is 10.1 Å². The van der Waals surface area contributed by atoms with Crippen LogP contribution >= 0.6 is 0 Å². The van der Waals surface area contributed by atoms with Crippen LogP contribution in [0.2, 0.25) is 0 Å². The van der Waals surface area contributed by atoms with Crippen molar-refractivity contribution in [3.63, 3.8) is 0 Å². The summed E-state index contributed by atoms with van der Waals surface area (Å²) in [4.78, 5) is 7.29. The second-order valence-corrected chi connectivity index (χ2v) is 8.41. The summed E-state index contributed by atoms with van der Waals surface area (Å²) in [7, 11) is 2.09.